The molecule has 0 aliphatic heterocycles. The lowest BCUT2D eigenvalue weighted by Gasteiger charge is -2.07. The summed E-state index contributed by atoms with van der Waals surface area (Å²) in [6, 6.07) is 5.05. The van der Waals surface area contributed by atoms with Crippen LogP contribution < -0.4 is 5.32 Å². The van der Waals surface area contributed by atoms with Gasteiger partial charge in [-0.05, 0) is 53.4 Å². The molecule has 1 aromatic rings. The largest absolute Gasteiger partial charge is 0.396 e. The van der Waals surface area contributed by atoms with Crippen molar-refractivity contribution in [2.45, 2.75) is 25.8 Å². The minimum Gasteiger partial charge on any atom is -0.396 e. The average Bonchev–Trinajstić information content (AvgIpc) is 2.29. The summed E-state index contributed by atoms with van der Waals surface area (Å²) in [6.07, 6.45) is 2.91. The number of aliphatic hydroxyl groups excluding tert-OH is 1. The fraction of sp³-hybridized carbons (Fsp3) is 0.500. The smallest absolute Gasteiger partial charge is 0.137 e. The fourth-order valence-corrected chi connectivity index (χ4v) is 1.85. The second-order valence-electron chi connectivity index (χ2n) is 3.67. The first-order valence-electron chi connectivity index (χ1n) is 5.50. The summed E-state index contributed by atoms with van der Waals surface area (Å²) >= 11 is 3.23. The number of hydrogen-bond acceptors (Lipinski definition) is 2. The van der Waals surface area contributed by atoms with Crippen molar-refractivity contribution in [2.24, 2.45) is 0 Å². The third-order valence-electron chi connectivity index (χ3n) is 2.36. The molecule has 0 saturated heterocycles. The third-order valence-corrected chi connectivity index (χ3v) is 3.25. The van der Waals surface area contributed by atoms with Crippen LogP contribution in [0, 0.1) is 5.82 Å². The summed E-state index contributed by atoms with van der Waals surface area (Å²) in [5.74, 6) is -0.223. The van der Waals surface area contributed by atoms with Crippen molar-refractivity contribution >= 4 is 15.9 Å². The van der Waals surface area contributed by atoms with Crippen LogP contribution in [0.5, 0.6) is 0 Å². The highest BCUT2D eigenvalue weighted by Gasteiger charge is 2.03. The molecular weight excluding hydrogens is 273 g/mol. The lowest BCUT2D eigenvalue weighted by molar-refractivity contribution is 0.283. The maximum atomic E-state index is 13.2. The van der Waals surface area contributed by atoms with E-state index in [0.717, 1.165) is 31.4 Å². The zero-order valence-corrected chi connectivity index (χ0v) is 10.8. The van der Waals surface area contributed by atoms with Crippen molar-refractivity contribution in [1.82, 2.24) is 5.32 Å². The number of rotatable bonds is 7. The first-order valence-corrected chi connectivity index (χ1v) is 6.29. The van der Waals surface area contributed by atoms with Crippen molar-refractivity contribution in [3.05, 3.63) is 34.1 Å². The highest BCUT2D eigenvalue weighted by atomic mass is 79.9. The Morgan fingerprint density at radius 2 is 2.06 bits per heavy atom. The highest BCUT2D eigenvalue weighted by Crippen LogP contribution is 2.19. The molecule has 2 nitrogen and oxygen atoms in total. The standard InChI is InChI=1S/C12H17BrFNO/c13-12-10(5-4-6-11(12)14)9-15-7-2-1-3-8-16/h4-6,15-16H,1-3,7-9H2. The lowest BCUT2D eigenvalue weighted by atomic mass is 10.2. The van der Waals surface area contributed by atoms with Crippen molar-refractivity contribution in [2.75, 3.05) is 13.2 Å². The van der Waals surface area contributed by atoms with E-state index >= 15 is 0 Å². The molecule has 0 amide bonds. The zero-order valence-electron chi connectivity index (χ0n) is 9.18. The van der Waals surface area contributed by atoms with Crippen molar-refractivity contribution in [3.8, 4) is 0 Å². The normalized spacial score (nSPS) is 10.7. The molecular formula is C12H17BrFNO. The molecule has 0 fully saturated rings. The van der Waals surface area contributed by atoms with E-state index in [1.165, 1.54) is 6.07 Å². The van der Waals surface area contributed by atoms with Gasteiger partial charge in [-0.1, -0.05) is 12.1 Å². The van der Waals surface area contributed by atoms with Crippen molar-refractivity contribution in [1.29, 1.82) is 0 Å². The minimum atomic E-state index is -0.223. The average molecular weight is 290 g/mol. The fourth-order valence-electron chi connectivity index (χ4n) is 1.45. The maximum absolute atomic E-state index is 13.2. The summed E-state index contributed by atoms with van der Waals surface area (Å²) in [5, 5.41) is 11.8. The number of hydrogen-bond donors (Lipinski definition) is 2. The van der Waals surface area contributed by atoms with Crippen LogP contribution in [0.3, 0.4) is 0 Å². The molecule has 0 aliphatic rings. The van der Waals surface area contributed by atoms with Crippen LogP contribution in [0.25, 0.3) is 0 Å². The Kier molecular flexibility index (Phi) is 6.61. The topological polar surface area (TPSA) is 32.3 Å². The van der Waals surface area contributed by atoms with Gasteiger partial charge in [0.05, 0.1) is 4.47 Å². The van der Waals surface area contributed by atoms with Crippen LogP contribution in [0.15, 0.2) is 22.7 Å². The monoisotopic (exact) mass is 289 g/mol. The number of nitrogens with one attached hydrogen (secondary N) is 1. The summed E-state index contributed by atoms with van der Waals surface area (Å²) < 4.78 is 13.7. The first kappa shape index (κ1) is 13.6. The third kappa shape index (κ3) is 4.60. The van der Waals surface area contributed by atoms with E-state index in [9.17, 15) is 4.39 Å². The molecule has 0 radical (unpaired) electrons. The molecule has 0 saturated carbocycles. The van der Waals surface area contributed by atoms with Crippen LogP contribution in [0.4, 0.5) is 4.39 Å². The molecule has 1 rings (SSSR count). The Morgan fingerprint density at radius 3 is 2.81 bits per heavy atom. The van der Waals surface area contributed by atoms with Gasteiger partial charge >= 0.3 is 0 Å². The Labute approximate surface area is 104 Å². The van der Waals surface area contributed by atoms with Crippen molar-refractivity contribution in [3.63, 3.8) is 0 Å². The van der Waals surface area contributed by atoms with Gasteiger partial charge in [-0.15, -0.1) is 0 Å². The molecule has 4 heteroatoms. The van der Waals surface area contributed by atoms with Crippen LogP contribution in [-0.4, -0.2) is 18.3 Å². The Balaban J connectivity index is 2.24. The Bertz CT molecular complexity index is 320. The molecule has 16 heavy (non-hydrogen) atoms. The maximum Gasteiger partial charge on any atom is 0.137 e. The van der Waals surface area contributed by atoms with E-state index in [1.807, 2.05) is 6.07 Å². The van der Waals surface area contributed by atoms with Crippen LogP contribution >= 0.6 is 15.9 Å². The SMILES string of the molecule is OCCCCCNCc1cccc(F)c1Br. The summed E-state index contributed by atoms with van der Waals surface area (Å²) in [7, 11) is 0. The highest BCUT2D eigenvalue weighted by molar-refractivity contribution is 9.10. The van der Waals surface area contributed by atoms with Gasteiger partial charge in [0.2, 0.25) is 0 Å². The van der Waals surface area contributed by atoms with Gasteiger partial charge in [-0.2, -0.15) is 0 Å². The second-order valence-corrected chi connectivity index (χ2v) is 4.47. The van der Waals surface area contributed by atoms with Gasteiger partial charge in [0.15, 0.2) is 0 Å². The quantitative estimate of drug-likeness (QED) is 0.757. The molecule has 1 aromatic carbocycles. The molecule has 2 N–H and O–H groups in total. The molecule has 0 atom stereocenters. The zero-order chi connectivity index (χ0) is 11.8. The summed E-state index contributed by atoms with van der Waals surface area (Å²) in [5.41, 5.74) is 0.933. The molecule has 0 unspecified atom stereocenters. The van der Waals surface area contributed by atoms with Gasteiger partial charge in [0, 0.05) is 13.2 Å². The predicted octanol–water partition coefficient (Wildman–Crippen LogP) is 2.84. The molecule has 0 spiro atoms. The van der Waals surface area contributed by atoms with Crippen LogP contribution in [0.2, 0.25) is 0 Å². The molecule has 0 heterocycles. The summed E-state index contributed by atoms with van der Waals surface area (Å²) in [4.78, 5) is 0. The molecule has 0 aliphatic carbocycles. The minimum absolute atomic E-state index is 0.223. The number of benzene rings is 1. The van der Waals surface area contributed by atoms with Gasteiger partial charge in [0.25, 0.3) is 0 Å². The van der Waals surface area contributed by atoms with E-state index < -0.39 is 0 Å². The van der Waals surface area contributed by atoms with Gasteiger partial charge < -0.3 is 10.4 Å². The number of aliphatic hydroxyl groups is 1. The van der Waals surface area contributed by atoms with Crippen molar-refractivity contribution < 1.29 is 9.50 Å². The first-order chi connectivity index (χ1) is 7.75. The van der Waals surface area contributed by atoms with Gasteiger partial charge in [-0.3, -0.25) is 0 Å². The van der Waals surface area contributed by atoms with E-state index in [-0.39, 0.29) is 12.4 Å². The van der Waals surface area contributed by atoms with Gasteiger partial charge in [0.1, 0.15) is 5.82 Å². The van der Waals surface area contributed by atoms with Gasteiger partial charge in [-0.25, -0.2) is 4.39 Å². The Hall–Kier alpha value is -0.450. The molecule has 90 valence electrons. The van der Waals surface area contributed by atoms with E-state index in [1.54, 1.807) is 6.07 Å². The molecule has 0 aromatic heterocycles. The van der Waals surface area contributed by atoms with E-state index in [0.29, 0.717) is 11.0 Å². The summed E-state index contributed by atoms with van der Waals surface area (Å²) in [6.45, 7) is 1.82. The lowest BCUT2D eigenvalue weighted by Crippen LogP contribution is -2.15. The van der Waals surface area contributed by atoms with E-state index in [2.05, 4.69) is 21.2 Å². The van der Waals surface area contributed by atoms with Crippen LogP contribution in [0.1, 0.15) is 24.8 Å². The second kappa shape index (κ2) is 7.76. The predicted molar refractivity (Wildman–Crippen MR) is 66.7 cm³/mol. The van der Waals surface area contributed by atoms with E-state index in [4.69, 9.17) is 5.11 Å². The number of halogens is 2. The number of unbranched alkanes of at least 4 members (excludes halogenated alkanes) is 2. The Morgan fingerprint density at radius 1 is 1.25 bits per heavy atom. The van der Waals surface area contributed by atoms with Crippen LogP contribution in [-0.2, 0) is 6.54 Å². The molecule has 0 bridgehead atoms.